The highest BCUT2D eigenvalue weighted by molar-refractivity contribution is 5.83. The van der Waals surface area contributed by atoms with E-state index in [1.54, 1.807) is 0 Å². The van der Waals surface area contributed by atoms with Crippen LogP contribution >= 0.6 is 0 Å². The minimum atomic E-state index is 0.127. The van der Waals surface area contributed by atoms with Gasteiger partial charge in [-0.25, -0.2) is 0 Å². The zero-order chi connectivity index (χ0) is 11.2. The van der Waals surface area contributed by atoms with Crippen LogP contribution in [0.2, 0.25) is 0 Å². The summed E-state index contributed by atoms with van der Waals surface area (Å²) in [4.78, 5) is 12.4. The van der Waals surface area contributed by atoms with Gasteiger partial charge in [-0.2, -0.15) is 0 Å². The third kappa shape index (κ3) is 1.81. The van der Waals surface area contributed by atoms with Crippen molar-refractivity contribution in [2.45, 2.75) is 57.5 Å². The first-order chi connectivity index (χ1) is 7.70. The van der Waals surface area contributed by atoms with Gasteiger partial charge < -0.3 is 4.74 Å². The van der Waals surface area contributed by atoms with Crippen molar-refractivity contribution in [3.05, 3.63) is 0 Å². The highest BCUT2D eigenvalue weighted by Crippen LogP contribution is 2.46. The first kappa shape index (κ1) is 10.8. The highest BCUT2D eigenvalue weighted by atomic mass is 16.5. The van der Waals surface area contributed by atoms with Crippen molar-refractivity contribution in [2.75, 3.05) is 6.61 Å². The summed E-state index contributed by atoms with van der Waals surface area (Å²) in [6.07, 6.45) is 8.21. The predicted molar refractivity (Wildman–Crippen MR) is 62.2 cm³/mol. The maximum Gasteiger partial charge on any atom is 0.139 e. The zero-order valence-electron chi connectivity index (χ0n) is 10.2. The Kier molecular flexibility index (Phi) is 2.58. The fourth-order valence-electron chi connectivity index (χ4n) is 3.39. The molecule has 1 spiro atoms. The van der Waals surface area contributed by atoms with Gasteiger partial charge in [-0.05, 0) is 50.9 Å². The normalized spacial score (nSPS) is 34.4. The number of ether oxygens (including phenoxy) is 1. The summed E-state index contributed by atoms with van der Waals surface area (Å²) < 4.78 is 5.89. The Morgan fingerprint density at radius 3 is 2.62 bits per heavy atom. The topological polar surface area (TPSA) is 26.3 Å². The largest absolute Gasteiger partial charge is 0.375 e. The van der Waals surface area contributed by atoms with Gasteiger partial charge in [-0.1, -0.05) is 6.92 Å². The van der Waals surface area contributed by atoms with E-state index in [0.29, 0.717) is 23.5 Å². The van der Waals surface area contributed by atoms with Crippen LogP contribution in [-0.4, -0.2) is 18.0 Å². The lowest BCUT2D eigenvalue weighted by molar-refractivity contribution is -0.157. The summed E-state index contributed by atoms with van der Waals surface area (Å²) >= 11 is 0. The molecule has 1 aliphatic heterocycles. The molecule has 2 unspecified atom stereocenters. The van der Waals surface area contributed by atoms with Crippen LogP contribution in [0.15, 0.2) is 0 Å². The summed E-state index contributed by atoms with van der Waals surface area (Å²) in [5.41, 5.74) is 0.127. The maximum atomic E-state index is 12.4. The molecule has 2 nitrogen and oxygen atoms in total. The van der Waals surface area contributed by atoms with E-state index in [-0.39, 0.29) is 5.60 Å². The van der Waals surface area contributed by atoms with E-state index in [9.17, 15) is 4.79 Å². The van der Waals surface area contributed by atoms with Gasteiger partial charge in [0.1, 0.15) is 5.78 Å². The van der Waals surface area contributed by atoms with Gasteiger partial charge in [-0.3, -0.25) is 4.79 Å². The van der Waals surface area contributed by atoms with Gasteiger partial charge >= 0.3 is 0 Å². The molecule has 0 N–H and O–H groups in total. The molecular formula is C14H22O2. The quantitative estimate of drug-likeness (QED) is 0.734. The van der Waals surface area contributed by atoms with Crippen molar-refractivity contribution >= 4 is 5.78 Å². The molecule has 2 atom stereocenters. The summed E-state index contributed by atoms with van der Waals surface area (Å²) in [6, 6.07) is 0. The van der Waals surface area contributed by atoms with Gasteiger partial charge in [0.05, 0.1) is 5.60 Å². The second-order valence-corrected chi connectivity index (χ2v) is 6.10. The van der Waals surface area contributed by atoms with E-state index in [2.05, 4.69) is 6.92 Å². The molecular weight excluding hydrogens is 200 g/mol. The monoisotopic (exact) mass is 222 g/mol. The Morgan fingerprint density at radius 1 is 1.31 bits per heavy atom. The average Bonchev–Trinajstić information content (AvgIpc) is 3.09. The van der Waals surface area contributed by atoms with Gasteiger partial charge in [-0.15, -0.1) is 0 Å². The minimum absolute atomic E-state index is 0.127. The van der Waals surface area contributed by atoms with E-state index < -0.39 is 0 Å². The Balaban J connectivity index is 1.62. The van der Waals surface area contributed by atoms with Crippen LogP contribution in [0.4, 0.5) is 0 Å². The van der Waals surface area contributed by atoms with Crippen LogP contribution in [0, 0.1) is 17.8 Å². The Hall–Kier alpha value is -0.370. The number of carbonyl (C=O) groups excluding carboxylic acids is 1. The minimum Gasteiger partial charge on any atom is -0.375 e. The van der Waals surface area contributed by atoms with Crippen LogP contribution in [-0.2, 0) is 9.53 Å². The molecule has 0 aromatic rings. The lowest BCUT2D eigenvalue weighted by Gasteiger charge is -2.47. The number of hydrogen-bond donors (Lipinski definition) is 0. The molecule has 16 heavy (non-hydrogen) atoms. The number of carbonyl (C=O) groups is 1. The van der Waals surface area contributed by atoms with E-state index in [4.69, 9.17) is 4.74 Å². The molecule has 2 heteroatoms. The Morgan fingerprint density at radius 2 is 2.06 bits per heavy atom. The molecule has 0 aromatic carbocycles. The molecule has 3 fully saturated rings. The van der Waals surface area contributed by atoms with E-state index in [1.165, 1.54) is 32.1 Å². The maximum absolute atomic E-state index is 12.4. The fourth-order valence-corrected chi connectivity index (χ4v) is 3.39. The zero-order valence-corrected chi connectivity index (χ0v) is 10.2. The second kappa shape index (κ2) is 3.83. The van der Waals surface area contributed by atoms with E-state index in [1.807, 2.05) is 0 Å². The predicted octanol–water partition coefficient (Wildman–Crippen LogP) is 2.95. The van der Waals surface area contributed by atoms with Crippen LogP contribution in [0.25, 0.3) is 0 Å². The standard InChI is InChI=1S/C14H22O2/c1-10(11-3-4-11)13(15)12-5-8-16-14(9-12)6-2-7-14/h10-12H,2-9H2,1H3. The first-order valence-corrected chi connectivity index (χ1v) is 6.88. The van der Waals surface area contributed by atoms with Crippen molar-refractivity contribution in [3.63, 3.8) is 0 Å². The lowest BCUT2D eigenvalue weighted by Crippen LogP contribution is -2.47. The van der Waals surface area contributed by atoms with Crippen molar-refractivity contribution in [3.8, 4) is 0 Å². The van der Waals surface area contributed by atoms with Crippen LogP contribution in [0.5, 0.6) is 0 Å². The first-order valence-electron chi connectivity index (χ1n) is 6.88. The molecule has 0 bridgehead atoms. The number of Topliss-reactive ketones (excluding diaryl/α,β-unsaturated/α-hetero) is 1. The molecule has 3 rings (SSSR count). The highest BCUT2D eigenvalue weighted by Gasteiger charge is 2.46. The van der Waals surface area contributed by atoms with Crippen molar-refractivity contribution in [1.29, 1.82) is 0 Å². The SMILES string of the molecule is CC(C(=O)C1CCOC2(CCC2)C1)C1CC1. The molecule has 2 aliphatic carbocycles. The van der Waals surface area contributed by atoms with Crippen LogP contribution in [0.1, 0.15) is 51.9 Å². The summed E-state index contributed by atoms with van der Waals surface area (Å²) in [7, 11) is 0. The van der Waals surface area contributed by atoms with Crippen molar-refractivity contribution in [2.24, 2.45) is 17.8 Å². The molecule has 0 amide bonds. The van der Waals surface area contributed by atoms with E-state index >= 15 is 0 Å². The lowest BCUT2D eigenvalue weighted by atomic mass is 9.70. The summed E-state index contributed by atoms with van der Waals surface area (Å²) in [6.45, 7) is 2.96. The molecule has 0 radical (unpaired) electrons. The number of rotatable bonds is 3. The molecule has 1 heterocycles. The molecule has 90 valence electrons. The van der Waals surface area contributed by atoms with Crippen molar-refractivity contribution in [1.82, 2.24) is 0 Å². The van der Waals surface area contributed by atoms with Gasteiger partial charge in [0.15, 0.2) is 0 Å². The van der Waals surface area contributed by atoms with Gasteiger partial charge in [0.25, 0.3) is 0 Å². The van der Waals surface area contributed by atoms with Gasteiger partial charge in [0.2, 0.25) is 0 Å². The molecule has 1 saturated heterocycles. The molecule has 3 aliphatic rings. The van der Waals surface area contributed by atoms with Crippen LogP contribution in [0.3, 0.4) is 0 Å². The third-order valence-corrected chi connectivity index (χ3v) is 4.94. The Labute approximate surface area is 97.7 Å². The van der Waals surface area contributed by atoms with Gasteiger partial charge in [0, 0.05) is 18.4 Å². The smallest absolute Gasteiger partial charge is 0.139 e. The van der Waals surface area contributed by atoms with Crippen LogP contribution < -0.4 is 0 Å². The second-order valence-electron chi connectivity index (χ2n) is 6.10. The third-order valence-electron chi connectivity index (χ3n) is 4.94. The average molecular weight is 222 g/mol. The van der Waals surface area contributed by atoms with Crippen molar-refractivity contribution < 1.29 is 9.53 Å². The Bertz CT molecular complexity index is 289. The summed E-state index contributed by atoms with van der Waals surface area (Å²) in [5.74, 6) is 1.88. The molecule has 0 aromatic heterocycles. The van der Waals surface area contributed by atoms with E-state index in [0.717, 1.165) is 19.4 Å². The number of ketones is 1. The fraction of sp³-hybridized carbons (Fsp3) is 0.929. The summed E-state index contributed by atoms with van der Waals surface area (Å²) in [5, 5.41) is 0. The molecule has 2 saturated carbocycles. The number of hydrogen-bond acceptors (Lipinski definition) is 2.